The maximum absolute atomic E-state index is 12.5. The molecule has 0 atom stereocenters. The van der Waals surface area contributed by atoms with Crippen LogP contribution >= 0.6 is 0 Å². The average molecular weight is 366 g/mol. The zero-order valence-corrected chi connectivity index (χ0v) is 15.9. The second-order valence-corrected chi connectivity index (χ2v) is 7.39. The highest BCUT2D eigenvalue weighted by atomic mass is 16.6. The normalized spacial score (nSPS) is 14.7. The predicted octanol–water partition coefficient (Wildman–Crippen LogP) is 4.33. The minimum Gasteiger partial charge on any atom is -0.482 e. The molecule has 1 heterocycles. The van der Waals surface area contributed by atoms with Gasteiger partial charge in [0.25, 0.3) is 0 Å². The molecule has 0 radical (unpaired) electrons. The van der Waals surface area contributed by atoms with Crippen LogP contribution in [0, 0.1) is 6.92 Å². The second-order valence-electron chi connectivity index (χ2n) is 7.39. The number of hydrogen-bond donors (Lipinski definition) is 0. The molecule has 27 heavy (non-hydrogen) atoms. The zero-order valence-electron chi connectivity index (χ0n) is 15.9. The Balaban J connectivity index is 1.71. The quantitative estimate of drug-likeness (QED) is 0.595. The maximum atomic E-state index is 12.5. The van der Waals surface area contributed by atoms with Gasteiger partial charge in [-0.25, -0.2) is 4.79 Å². The molecule has 140 valence electrons. The number of benzene rings is 2. The third-order valence-electron chi connectivity index (χ3n) is 3.76. The predicted molar refractivity (Wildman–Crippen MR) is 102 cm³/mol. The van der Waals surface area contributed by atoms with E-state index in [1.165, 1.54) is 0 Å². The van der Waals surface area contributed by atoms with Gasteiger partial charge in [-0.3, -0.25) is 4.79 Å². The highest BCUT2D eigenvalue weighted by Crippen LogP contribution is 2.35. The van der Waals surface area contributed by atoms with Gasteiger partial charge in [-0.1, -0.05) is 29.8 Å². The van der Waals surface area contributed by atoms with Crippen molar-refractivity contribution in [2.24, 2.45) is 0 Å². The highest BCUT2D eigenvalue weighted by molar-refractivity contribution is 6.14. The Morgan fingerprint density at radius 3 is 2.63 bits per heavy atom. The number of allylic oxidation sites excluding steroid dienone is 1. The summed E-state index contributed by atoms with van der Waals surface area (Å²) in [4.78, 5) is 24.3. The molecule has 1 aliphatic rings. The smallest absolute Gasteiger partial charge is 0.344 e. The molecule has 3 rings (SSSR count). The van der Waals surface area contributed by atoms with Gasteiger partial charge in [0.2, 0.25) is 5.78 Å². The average Bonchev–Trinajstić information content (AvgIpc) is 2.87. The first-order valence-electron chi connectivity index (χ1n) is 8.71. The molecule has 5 heteroatoms. The lowest BCUT2D eigenvalue weighted by atomic mass is 10.1. The summed E-state index contributed by atoms with van der Waals surface area (Å²) in [6.45, 7) is 7.16. The van der Waals surface area contributed by atoms with E-state index in [4.69, 9.17) is 14.2 Å². The standard InChI is InChI=1S/C22H22O5/c1-14-6-5-7-15(10-14)11-19-21(24)17-9-8-16(12-18(17)26-19)25-13-20(23)27-22(2,3)4/h5-12H,13H2,1-4H3/b19-11-. The number of carbonyl (C=O) groups is 2. The van der Waals surface area contributed by atoms with Gasteiger partial charge in [-0.15, -0.1) is 0 Å². The van der Waals surface area contributed by atoms with E-state index in [1.54, 1.807) is 45.0 Å². The fourth-order valence-corrected chi connectivity index (χ4v) is 2.68. The number of hydrogen-bond acceptors (Lipinski definition) is 5. The Labute approximate surface area is 158 Å². The first kappa shape index (κ1) is 18.7. The molecule has 0 aliphatic carbocycles. The monoisotopic (exact) mass is 366 g/mol. The number of esters is 1. The Morgan fingerprint density at radius 2 is 1.93 bits per heavy atom. The van der Waals surface area contributed by atoms with Crippen LogP contribution in [0.2, 0.25) is 0 Å². The lowest BCUT2D eigenvalue weighted by Gasteiger charge is -2.19. The third kappa shape index (κ3) is 4.76. The second kappa shape index (κ2) is 7.27. The molecule has 0 saturated carbocycles. The summed E-state index contributed by atoms with van der Waals surface area (Å²) in [5.41, 5.74) is 1.90. The molecular weight excluding hydrogens is 344 g/mol. The summed E-state index contributed by atoms with van der Waals surface area (Å²) in [5, 5.41) is 0. The van der Waals surface area contributed by atoms with E-state index in [1.807, 2.05) is 31.2 Å². The van der Waals surface area contributed by atoms with E-state index < -0.39 is 11.6 Å². The number of fused-ring (bicyclic) bond motifs is 1. The molecule has 2 aromatic carbocycles. The van der Waals surface area contributed by atoms with Crippen molar-refractivity contribution < 1.29 is 23.8 Å². The highest BCUT2D eigenvalue weighted by Gasteiger charge is 2.28. The minimum absolute atomic E-state index is 0.176. The van der Waals surface area contributed by atoms with Gasteiger partial charge < -0.3 is 14.2 Å². The van der Waals surface area contributed by atoms with Gasteiger partial charge in [0, 0.05) is 6.07 Å². The molecule has 5 nitrogen and oxygen atoms in total. The molecule has 0 saturated heterocycles. The van der Waals surface area contributed by atoms with Gasteiger partial charge in [-0.05, 0) is 51.5 Å². The minimum atomic E-state index is -0.566. The lowest BCUT2D eigenvalue weighted by Crippen LogP contribution is -2.27. The fraction of sp³-hybridized carbons (Fsp3) is 0.273. The number of Topliss-reactive ketones (excluding diaryl/α,β-unsaturated/α-hetero) is 1. The summed E-state index contributed by atoms with van der Waals surface area (Å²) in [5.74, 6) is 0.481. The molecular formula is C22H22O5. The number of rotatable bonds is 4. The van der Waals surface area contributed by atoms with Gasteiger partial charge in [0.1, 0.15) is 17.1 Å². The number of carbonyl (C=O) groups excluding carboxylic acids is 2. The van der Waals surface area contributed by atoms with Crippen LogP contribution in [-0.2, 0) is 9.53 Å². The summed E-state index contributed by atoms with van der Waals surface area (Å²) in [6.07, 6.45) is 1.72. The van der Waals surface area contributed by atoms with Crippen LogP contribution in [-0.4, -0.2) is 24.0 Å². The largest absolute Gasteiger partial charge is 0.482 e. The topological polar surface area (TPSA) is 61.8 Å². The van der Waals surface area contributed by atoms with Crippen LogP contribution < -0.4 is 9.47 Å². The summed E-state index contributed by atoms with van der Waals surface area (Å²) in [7, 11) is 0. The number of aryl methyl sites for hydroxylation is 1. The van der Waals surface area contributed by atoms with E-state index in [2.05, 4.69) is 0 Å². The Hall–Kier alpha value is -3.08. The van der Waals surface area contributed by atoms with Crippen molar-refractivity contribution in [2.45, 2.75) is 33.3 Å². The molecule has 0 aromatic heterocycles. The molecule has 0 amide bonds. The van der Waals surface area contributed by atoms with Gasteiger partial charge >= 0.3 is 5.97 Å². The first-order chi connectivity index (χ1) is 12.7. The lowest BCUT2D eigenvalue weighted by molar-refractivity contribution is -0.157. The van der Waals surface area contributed by atoms with Gasteiger partial charge in [0.05, 0.1) is 5.56 Å². The van der Waals surface area contributed by atoms with Crippen molar-refractivity contribution in [1.29, 1.82) is 0 Å². The maximum Gasteiger partial charge on any atom is 0.344 e. The third-order valence-corrected chi connectivity index (χ3v) is 3.76. The number of ether oxygens (including phenoxy) is 3. The molecule has 0 N–H and O–H groups in total. The number of ketones is 1. The Morgan fingerprint density at radius 1 is 1.15 bits per heavy atom. The van der Waals surface area contributed by atoms with E-state index >= 15 is 0 Å². The molecule has 0 spiro atoms. The van der Waals surface area contributed by atoms with Crippen molar-refractivity contribution in [3.63, 3.8) is 0 Å². The molecule has 0 bridgehead atoms. The van der Waals surface area contributed by atoms with E-state index in [-0.39, 0.29) is 18.1 Å². The first-order valence-corrected chi connectivity index (χ1v) is 8.71. The molecule has 0 unspecified atom stereocenters. The molecule has 0 fully saturated rings. The molecule has 1 aliphatic heterocycles. The summed E-state index contributed by atoms with van der Waals surface area (Å²) < 4.78 is 16.4. The molecule has 2 aromatic rings. The SMILES string of the molecule is Cc1cccc(/C=C2\Oc3cc(OCC(=O)OC(C)(C)C)ccc3C2=O)c1. The van der Waals surface area contributed by atoms with Gasteiger partial charge in [0.15, 0.2) is 12.4 Å². The van der Waals surface area contributed by atoms with Crippen LogP contribution in [0.5, 0.6) is 11.5 Å². The van der Waals surface area contributed by atoms with E-state index in [0.29, 0.717) is 17.1 Å². The van der Waals surface area contributed by atoms with E-state index in [9.17, 15) is 9.59 Å². The zero-order chi connectivity index (χ0) is 19.6. The van der Waals surface area contributed by atoms with Crippen LogP contribution in [0.3, 0.4) is 0 Å². The van der Waals surface area contributed by atoms with Crippen molar-refractivity contribution in [1.82, 2.24) is 0 Å². The Bertz CT molecular complexity index is 919. The van der Waals surface area contributed by atoms with Crippen molar-refractivity contribution in [3.8, 4) is 11.5 Å². The van der Waals surface area contributed by atoms with Crippen LogP contribution in [0.1, 0.15) is 42.3 Å². The van der Waals surface area contributed by atoms with Crippen LogP contribution in [0.25, 0.3) is 6.08 Å². The Kier molecular flexibility index (Phi) is 5.04. The summed E-state index contributed by atoms with van der Waals surface area (Å²) >= 11 is 0. The van der Waals surface area contributed by atoms with Crippen LogP contribution in [0.4, 0.5) is 0 Å². The van der Waals surface area contributed by atoms with Crippen molar-refractivity contribution in [2.75, 3.05) is 6.61 Å². The van der Waals surface area contributed by atoms with E-state index in [0.717, 1.165) is 11.1 Å². The van der Waals surface area contributed by atoms with Crippen molar-refractivity contribution >= 4 is 17.8 Å². The van der Waals surface area contributed by atoms with Crippen LogP contribution in [0.15, 0.2) is 48.2 Å². The summed E-state index contributed by atoms with van der Waals surface area (Å²) in [6, 6.07) is 12.7. The van der Waals surface area contributed by atoms with Crippen molar-refractivity contribution in [3.05, 3.63) is 64.9 Å². The van der Waals surface area contributed by atoms with Gasteiger partial charge in [-0.2, -0.15) is 0 Å². The fourth-order valence-electron chi connectivity index (χ4n) is 2.68.